The van der Waals surface area contributed by atoms with Crippen molar-refractivity contribution in [3.63, 3.8) is 0 Å². The van der Waals surface area contributed by atoms with Crippen molar-refractivity contribution in [3.05, 3.63) is 48.4 Å². The van der Waals surface area contributed by atoms with Gasteiger partial charge >= 0.3 is 0 Å². The second-order valence-corrected chi connectivity index (χ2v) is 5.06. The average molecular weight is 284 g/mol. The summed E-state index contributed by atoms with van der Waals surface area (Å²) in [6.45, 7) is 4.44. The molecule has 0 aliphatic carbocycles. The zero-order chi connectivity index (χ0) is 14.8. The Labute approximate surface area is 121 Å². The highest BCUT2D eigenvalue weighted by atomic mass is 16.1. The Hall–Kier alpha value is -2.70. The van der Waals surface area contributed by atoms with E-state index in [0.29, 0.717) is 12.1 Å². The van der Waals surface area contributed by atoms with Gasteiger partial charge in [-0.2, -0.15) is 5.10 Å². The number of rotatable bonds is 4. The predicted octanol–water partition coefficient (Wildman–Crippen LogP) is 1.05. The van der Waals surface area contributed by atoms with Crippen LogP contribution in [0.4, 0.5) is 0 Å². The first-order valence-corrected chi connectivity index (χ1v) is 6.70. The fourth-order valence-electron chi connectivity index (χ4n) is 2.21. The number of fused-ring (bicyclic) bond motifs is 1. The number of nitrogens with one attached hydrogen (secondary N) is 1. The van der Waals surface area contributed by atoms with Crippen LogP contribution >= 0.6 is 0 Å². The van der Waals surface area contributed by atoms with E-state index in [9.17, 15) is 4.79 Å². The van der Waals surface area contributed by atoms with Gasteiger partial charge in [0, 0.05) is 18.4 Å². The SMILES string of the molecule is Cc1cn2cc(C(=O)N[C@@H](C)Cn3cncn3)ccc2n1. The van der Waals surface area contributed by atoms with Crippen LogP contribution in [-0.4, -0.2) is 36.1 Å². The molecular weight excluding hydrogens is 268 g/mol. The highest BCUT2D eigenvalue weighted by Crippen LogP contribution is 2.07. The standard InChI is InChI=1S/C14H16N6O/c1-10-5-19-7-12(3-4-13(19)17-10)14(21)18-11(2)6-20-9-15-8-16-20/h3-5,7-9,11H,6H2,1-2H3,(H,18,21)/t11-/m0/s1. The van der Waals surface area contributed by atoms with Gasteiger partial charge in [-0.15, -0.1) is 0 Å². The first kappa shape index (κ1) is 13.3. The minimum absolute atomic E-state index is 0.0422. The van der Waals surface area contributed by atoms with E-state index in [1.165, 1.54) is 6.33 Å². The fraction of sp³-hybridized carbons (Fsp3) is 0.286. The van der Waals surface area contributed by atoms with Gasteiger partial charge in [0.15, 0.2) is 0 Å². The van der Waals surface area contributed by atoms with Crippen molar-refractivity contribution >= 4 is 11.6 Å². The number of amides is 1. The molecule has 1 amide bonds. The predicted molar refractivity (Wildman–Crippen MR) is 76.9 cm³/mol. The Balaban J connectivity index is 1.71. The Morgan fingerprint density at radius 3 is 3.00 bits per heavy atom. The van der Waals surface area contributed by atoms with Gasteiger partial charge in [-0.25, -0.2) is 9.97 Å². The van der Waals surface area contributed by atoms with Crippen LogP contribution in [-0.2, 0) is 6.54 Å². The summed E-state index contributed by atoms with van der Waals surface area (Å²) in [5, 5.41) is 6.97. The third-order valence-corrected chi connectivity index (χ3v) is 3.14. The van der Waals surface area contributed by atoms with Gasteiger partial charge in [0.2, 0.25) is 0 Å². The topological polar surface area (TPSA) is 77.1 Å². The van der Waals surface area contributed by atoms with E-state index in [-0.39, 0.29) is 11.9 Å². The van der Waals surface area contributed by atoms with E-state index in [1.807, 2.05) is 30.5 Å². The molecule has 0 aromatic carbocycles. The van der Waals surface area contributed by atoms with Crippen molar-refractivity contribution in [1.29, 1.82) is 0 Å². The molecule has 0 unspecified atom stereocenters. The van der Waals surface area contributed by atoms with Crippen LogP contribution in [0.25, 0.3) is 5.65 Å². The number of aromatic nitrogens is 5. The van der Waals surface area contributed by atoms with E-state index >= 15 is 0 Å². The number of imidazole rings is 1. The summed E-state index contributed by atoms with van der Waals surface area (Å²) in [5.74, 6) is -0.115. The maximum atomic E-state index is 12.2. The lowest BCUT2D eigenvalue weighted by Gasteiger charge is -2.13. The van der Waals surface area contributed by atoms with Crippen LogP contribution in [0.3, 0.4) is 0 Å². The number of hydrogen-bond acceptors (Lipinski definition) is 4. The molecule has 0 saturated heterocycles. The van der Waals surface area contributed by atoms with Crippen LogP contribution in [0, 0.1) is 6.92 Å². The van der Waals surface area contributed by atoms with E-state index in [1.54, 1.807) is 23.3 Å². The van der Waals surface area contributed by atoms with E-state index in [0.717, 1.165) is 11.3 Å². The van der Waals surface area contributed by atoms with Crippen LogP contribution < -0.4 is 5.32 Å². The van der Waals surface area contributed by atoms with Crippen molar-refractivity contribution in [2.24, 2.45) is 0 Å². The highest BCUT2D eigenvalue weighted by molar-refractivity contribution is 5.94. The number of carbonyl (C=O) groups excluding carboxylic acids is 1. The van der Waals surface area contributed by atoms with Crippen LogP contribution in [0.2, 0.25) is 0 Å². The maximum absolute atomic E-state index is 12.2. The van der Waals surface area contributed by atoms with E-state index < -0.39 is 0 Å². The zero-order valence-corrected chi connectivity index (χ0v) is 11.9. The summed E-state index contributed by atoms with van der Waals surface area (Å²) >= 11 is 0. The zero-order valence-electron chi connectivity index (χ0n) is 11.9. The third-order valence-electron chi connectivity index (χ3n) is 3.14. The molecule has 1 N–H and O–H groups in total. The van der Waals surface area contributed by atoms with Crippen molar-refractivity contribution in [1.82, 2.24) is 29.5 Å². The first-order valence-electron chi connectivity index (χ1n) is 6.70. The van der Waals surface area contributed by atoms with E-state index in [2.05, 4.69) is 20.4 Å². The second kappa shape index (κ2) is 5.35. The van der Waals surface area contributed by atoms with Gasteiger partial charge in [0.1, 0.15) is 18.3 Å². The fourth-order valence-corrected chi connectivity index (χ4v) is 2.21. The quantitative estimate of drug-likeness (QED) is 0.777. The van der Waals surface area contributed by atoms with Crippen molar-refractivity contribution in [2.45, 2.75) is 26.4 Å². The molecule has 0 fully saturated rings. The number of carbonyl (C=O) groups is 1. The number of nitrogens with zero attached hydrogens (tertiary/aromatic N) is 5. The summed E-state index contributed by atoms with van der Waals surface area (Å²) in [5.41, 5.74) is 2.36. The van der Waals surface area contributed by atoms with Crippen molar-refractivity contribution in [3.8, 4) is 0 Å². The Kier molecular flexibility index (Phi) is 3.39. The van der Waals surface area contributed by atoms with Gasteiger partial charge in [0.05, 0.1) is 17.8 Å². The Bertz CT molecular complexity index is 761. The molecule has 0 bridgehead atoms. The molecule has 0 radical (unpaired) electrons. The van der Waals surface area contributed by atoms with Gasteiger partial charge in [-0.3, -0.25) is 9.48 Å². The van der Waals surface area contributed by atoms with Gasteiger partial charge in [-0.05, 0) is 26.0 Å². The molecule has 0 aliphatic heterocycles. The average Bonchev–Trinajstić information content (AvgIpc) is 3.05. The summed E-state index contributed by atoms with van der Waals surface area (Å²) < 4.78 is 3.54. The number of aryl methyl sites for hydroxylation is 1. The van der Waals surface area contributed by atoms with Crippen LogP contribution in [0.5, 0.6) is 0 Å². The lowest BCUT2D eigenvalue weighted by Crippen LogP contribution is -2.35. The number of hydrogen-bond donors (Lipinski definition) is 1. The molecule has 1 atom stereocenters. The van der Waals surface area contributed by atoms with E-state index in [4.69, 9.17) is 0 Å². The molecule has 7 nitrogen and oxygen atoms in total. The first-order chi connectivity index (χ1) is 10.1. The minimum atomic E-state index is -0.115. The lowest BCUT2D eigenvalue weighted by molar-refractivity contribution is 0.0935. The summed E-state index contributed by atoms with van der Waals surface area (Å²) in [4.78, 5) is 20.5. The Morgan fingerprint density at radius 2 is 2.24 bits per heavy atom. The molecule has 3 aromatic heterocycles. The summed E-state index contributed by atoms with van der Waals surface area (Å²) in [6.07, 6.45) is 6.78. The molecule has 0 saturated carbocycles. The van der Waals surface area contributed by atoms with Gasteiger partial charge < -0.3 is 9.72 Å². The third kappa shape index (κ3) is 2.91. The molecule has 7 heteroatoms. The smallest absolute Gasteiger partial charge is 0.253 e. The van der Waals surface area contributed by atoms with Crippen molar-refractivity contribution in [2.75, 3.05) is 0 Å². The van der Waals surface area contributed by atoms with Gasteiger partial charge in [-0.1, -0.05) is 0 Å². The maximum Gasteiger partial charge on any atom is 0.253 e. The molecule has 0 aliphatic rings. The number of pyridine rings is 1. The minimum Gasteiger partial charge on any atom is -0.348 e. The molecule has 3 rings (SSSR count). The highest BCUT2D eigenvalue weighted by Gasteiger charge is 2.11. The van der Waals surface area contributed by atoms with Gasteiger partial charge in [0.25, 0.3) is 5.91 Å². The van der Waals surface area contributed by atoms with Crippen LogP contribution in [0.1, 0.15) is 23.0 Å². The molecule has 3 aromatic rings. The second-order valence-electron chi connectivity index (χ2n) is 5.06. The molecular formula is C14H16N6O. The molecule has 108 valence electrons. The monoisotopic (exact) mass is 284 g/mol. The Morgan fingerprint density at radius 1 is 1.38 bits per heavy atom. The molecule has 21 heavy (non-hydrogen) atoms. The summed E-state index contributed by atoms with van der Waals surface area (Å²) in [7, 11) is 0. The van der Waals surface area contributed by atoms with Crippen molar-refractivity contribution < 1.29 is 4.79 Å². The summed E-state index contributed by atoms with van der Waals surface area (Å²) in [6, 6.07) is 3.57. The lowest BCUT2D eigenvalue weighted by atomic mass is 10.2. The normalized spacial score (nSPS) is 12.5. The van der Waals surface area contributed by atoms with Crippen LogP contribution in [0.15, 0.2) is 37.2 Å². The molecule has 0 spiro atoms. The molecule has 3 heterocycles. The largest absolute Gasteiger partial charge is 0.348 e.